The van der Waals surface area contributed by atoms with Gasteiger partial charge in [-0.3, -0.25) is 4.79 Å². The van der Waals surface area contributed by atoms with Crippen molar-refractivity contribution in [1.82, 2.24) is 4.98 Å². The molecule has 0 radical (unpaired) electrons. The lowest BCUT2D eigenvalue weighted by Crippen LogP contribution is -2.04. The minimum Gasteiger partial charge on any atom is -0.329 e. The van der Waals surface area contributed by atoms with E-state index in [1.54, 1.807) is 12.3 Å². The van der Waals surface area contributed by atoms with Gasteiger partial charge in [-0.2, -0.15) is 0 Å². The molecule has 1 aromatic rings. The third kappa shape index (κ3) is 4.68. The number of pyridine rings is 1. The quantitative estimate of drug-likeness (QED) is 0.828. The average Bonchev–Trinajstić information content (AvgIpc) is 2.60. The zero-order valence-corrected chi connectivity index (χ0v) is 10.4. The van der Waals surface area contributed by atoms with Crippen LogP contribution >= 0.6 is 0 Å². The van der Waals surface area contributed by atoms with Gasteiger partial charge >= 0.3 is 0 Å². The maximum absolute atomic E-state index is 11.1. The maximum Gasteiger partial charge on any atom is 0.248 e. The van der Waals surface area contributed by atoms with Crippen LogP contribution in [0.25, 0.3) is 0 Å². The SMILES string of the molecule is CC.O=c1cc(CC2=CC=CCC=C2)cc[nH]1. The molecule has 2 heteroatoms. The van der Waals surface area contributed by atoms with Gasteiger partial charge in [0, 0.05) is 12.3 Å². The van der Waals surface area contributed by atoms with E-state index < -0.39 is 0 Å². The van der Waals surface area contributed by atoms with Crippen molar-refractivity contribution in [2.24, 2.45) is 0 Å². The van der Waals surface area contributed by atoms with Crippen molar-refractivity contribution in [3.05, 3.63) is 70.2 Å². The second-order valence-corrected chi connectivity index (χ2v) is 3.55. The van der Waals surface area contributed by atoms with E-state index in [4.69, 9.17) is 0 Å². The van der Waals surface area contributed by atoms with Crippen molar-refractivity contribution >= 4 is 0 Å². The van der Waals surface area contributed by atoms with Crippen LogP contribution in [0, 0.1) is 0 Å². The number of hydrogen-bond donors (Lipinski definition) is 1. The number of nitrogens with one attached hydrogen (secondary N) is 1. The summed E-state index contributed by atoms with van der Waals surface area (Å²) in [5, 5.41) is 0. The highest BCUT2D eigenvalue weighted by atomic mass is 16.1. The van der Waals surface area contributed by atoms with Gasteiger partial charge in [0.05, 0.1) is 0 Å². The van der Waals surface area contributed by atoms with E-state index in [0.29, 0.717) is 0 Å². The molecule has 1 heterocycles. The topological polar surface area (TPSA) is 32.9 Å². The molecule has 0 fully saturated rings. The van der Waals surface area contributed by atoms with Crippen LogP contribution in [0.4, 0.5) is 0 Å². The number of allylic oxidation sites excluding steroid dienone is 6. The Labute approximate surface area is 102 Å². The van der Waals surface area contributed by atoms with Crippen LogP contribution < -0.4 is 5.56 Å². The second kappa shape index (κ2) is 7.44. The molecule has 0 amide bonds. The molecule has 0 spiro atoms. The van der Waals surface area contributed by atoms with Gasteiger partial charge in [0.15, 0.2) is 0 Å². The first kappa shape index (κ1) is 13.2. The Kier molecular flexibility index (Phi) is 5.80. The first-order valence-electron chi connectivity index (χ1n) is 6.04. The predicted molar refractivity (Wildman–Crippen MR) is 73.1 cm³/mol. The second-order valence-electron chi connectivity index (χ2n) is 3.55. The summed E-state index contributed by atoms with van der Waals surface area (Å²) in [7, 11) is 0. The summed E-state index contributed by atoms with van der Waals surface area (Å²) in [5.74, 6) is 0. The minimum absolute atomic E-state index is 0.0405. The Bertz CT molecular complexity index is 478. The number of aromatic amines is 1. The number of H-pyrrole nitrogens is 1. The standard InChI is InChI=1S/C13H13NO.C2H6/c15-13-10-12(7-8-14-13)9-11-5-3-1-2-4-6-11;1-2/h1,3-8,10H,2,9H2,(H,14,15);1-2H3. The monoisotopic (exact) mass is 229 g/mol. The lowest BCUT2D eigenvalue weighted by molar-refractivity contribution is 1.13. The van der Waals surface area contributed by atoms with E-state index in [1.165, 1.54) is 5.57 Å². The molecule has 1 N–H and O–H groups in total. The van der Waals surface area contributed by atoms with Crippen molar-refractivity contribution in [3.8, 4) is 0 Å². The minimum atomic E-state index is -0.0405. The number of aromatic nitrogens is 1. The summed E-state index contributed by atoms with van der Waals surface area (Å²) >= 11 is 0. The van der Waals surface area contributed by atoms with E-state index in [9.17, 15) is 4.79 Å². The van der Waals surface area contributed by atoms with Crippen molar-refractivity contribution in [2.75, 3.05) is 0 Å². The Morgan fingerprint density at radius 1 is 1.29 bits per heavy atom. The summed E-state index contributed by atoms with van der Waals surface area (Å²) in [4.78, 5) is 13.7. The third-order valence-electron chi connectivity index (χ3n) is 2.30. The van der Waals surface area contributed by atoms with Crippen molar-refractivity contribution in [1.29, 1.82) is 0 Å². The molecule has 1 aliphatic rings. The van der Waals surface area contributed by atoms with Gasteiger partial charge in [0.1, 0.15) is 0 Å². The summed E-state index contributed by atoms with van der Waals surface area (Å²) in [6, 6.07) is 3.58. The Morgan fingerprint density at radius 3 is 2.88 bits per heavy atom. The predicted octanol–water partition coefficient (Wildman–Crippen LogP) is 3.39. The fourth-order valence-corrected chi connectivity index (χ4v) is 1.58. The molecule has 1 aromatic heterocycles. The molecule has 2 rings (SSSR count). The molecule has 0 unspecified atom stereocenters. The molecule has 2 nitrogen and oxygen atoms in total. The first-order valence-corrected chi connectivity index (χ1v) is 6.04. The molecular weight excluding hydrogens is 210 g/mol. The van der Waals surface area contributed by atoms with Gasteiger partial charge in [-0.15, -0.1) is 0 Å². The molecule has 0 aromatic carbocycles. The highest BCUT2D eigenvalue weighted by molar-refractivity contribution is 5.32. The third-order valence-corrected chi connectivity index (χ3v) is 2.30. The van der Waals surface area contributed by atoms with Gasteiger partial charge in [-0.05, 0) is 30.0 Å². The summed E-state index contributed by atoms with van der Waals surface area (Å²) in [6.45, 7) is 4.00. The molecule has 0 atom stereocenters. The van der Waals surface area contributed by atoms with Gasteiger partial charge in [0.2, 0.25) is 5.56 Å². The lowest BCUT2D eigenvalue weighted by Gasteiger charge is -2.00. The molecule has 0 saturated carbocycles. The molecular formula is C15H19NO. The Morgan fingerprint density at radius 2 is 2.12 bits per heavy atom. The molecule has 90 valence electrons. The fraction of sp³-hybridized carbons (Fsp3) is 0.267. The largest absolute Gasteiger partial charge is 0.329 e. The zero-order valence-electron chi connectivity index (χ0n) is 10.4. The summed E-state index contributed by atoms with van der Waals surface area (Å²) < 4.78 is 0. The van der Waals surface area contributed by atoms with E-state index in [-0.39, 0.29) is 5.56 Å². The fourth-order valence-electron chi connectivity index (χ4n) is 1.58. The van der Waals surface area contributed by atoms with Crippen LogP contribution in [0.1, 0.15) is 25.8 Å². The van der Waals surface area contributed by atoms with Crippen LogP contribution in [-0.4, -0.2) is 4.98 Å². The van der Waals surface area contributed by atoms with Crippen molar-refractivity contribution in [2.45, 2.75) is 26.7 Å². The lowest BCUT2D eigenvalue weighted by atomic mass is 10.1. The smallest absolute Gasteiger partial charge is 0.248 e. The van der Waals surface area contributed by atoms with Gasteiger partial charge in [-0.25, -0.2) is 0 Å². The molecule has 0 saturated heterocycles. The normalized spacial score (nSPS) is 13.4. The van der Waals surface area contributed by atoms with Gasteiger partial charge in [0.25, 0.3) is 0 Å². The number of rotatable bonds is 2. The van der Waals surface area contributed by atoms with Crippen molar-refractivity contribution < 1.29 is 0 Å². The summed E-state index contributed by atoms with van der Waals surface area (Å²) in [6.07, 6.45) is 14.0. The van der Waals surface area contributed by atoms with E-state index >= 15 is 0 Å². The average molecular weight is 229 g/mol. The summed E-state index contributed by atoms with van der Waals surface area (Å²) in [5.41, 5.74) is 2.24. The van der Waals surface area contributed by atoms with Crippen LogP contribution in [-0.2, 0) is 6.42 Å². The van der Waals surface area contributed by atoms with E-state index in [2.05, 4.69) is 35.4 Å². The molecule has 0 aliphatic heterocycles. The maximum atomic E-state index is 11.1. The highest BCUT2D eigenvalue weighted by Gasteiger charge is 1.97. The highest BCUT2D eigenvalue weighted by Crippen LogP contribution is 2.10. The van der Waals surface area contributed by atoms with Crippen LogP contribution in [0.15, 0.2) is 59.1 Å². The van der Waals surface area contributed by atoms with E-state index in [1.807, 2.05) is 19.9 Å². The van der Waals surface area contributed by atoms with Gasteiger partial charge in [-0.1, -0.05) is 44.2 Å². The number of hydrogen-bond acceptors (Lipinski definition) is 1. The van der Waals surface area contributed by atoms with Crippen molar-refractivity contribution in [3.63, 3.8) is 0 Å². The van der Waals surface area contributed by atoms with Gasteiger partial charge < -0.3 is 4.98 Å². The first-order chi connectivity index (χ1) is 8.34. The zero-order chi connectivity index (χ0) is 12.5. The molecule has 1 aliphatic carbocycles. The Hall–Kier alpha value is -1.83. The molecule has 17 heavy (non-hydrogen) atoms. The Balaban J connectivity index is 0.000000686. The van der Waals surface area contributed by atoms with Crippen LogP contribution in [0.3, 0.4) is 0 Å². The van der Waals surface area contributed by atoms with E-state index in [0.717, 1.165) is 18.4 Å². The van der Waals surface area contributed by atoms with Crippen LogP contribution in [0.2, 0.25) is 0 Å². The molecule has 0 bridgehead atoms. The van der Waals surface area contributed by atoms with Crippen LogP contribution in [0.5, 0.6) is 0 Å².